The van der Waals surface area contributed by atoms with Crippen LogP contribution in [0.15, 0.2) is 39.3 Å². The van der Waals surface area contributed by atoms with Crippen molar-refractivity contribution in [2.24, 2.45) is 0 Å². The molecule has 0 bridgehead atoms. The topological polar surface area (TPSA) is 81.4 Å². The van der Waals surface area contributed by atoms with Crippen molar-refractivity contribution in [3.05, 3.63) is 46.1 Å². The molecule has 21 heavy (non-hydrogen) atoms. The molecule has 0 saturated carbocycles. The number of hydrogen-bond acceptors (Lipinski definition) is 5. The van der Waals surface area contributed by atoms with Crippen LogP contribution in [-0.2, 0) is 9.53 Å². The first-order chi connectivity index (χ1) is 9.95. The number of esters is 1. The van der Waals surface area contributed by atoms with E-state index < -0.39 is 18.0 Å². The van der Waals surface area contributed by atoms with E-state index in [-0.39, 0.29) is 5.82 Å². The lowest BCUT2D eigenvalue weighted by molar-refractivity contribution is -0.123. The normalized spacial score (nSPS) is 11.8. The average Bonchev–Trinajstić information content (AvgIpc) is 2.84. The van der Waals surface area contributed by atoms with E-state index in [9.17, 15) is 9.59 Å². The third-order valence-corrected chi connectivity index (χ3v) is 3.09. The minimum atomic E-state index is -0.950. The quantitative estimate of drug-likeness (QED) is 0.855. The maximum absolute atomic E-state index is 11.9. The zero-order valence-electron chi connectivity index (χ0n) is 11.4. The van der Waals surface area contributed by atoms with Gasteiger partial charge in [-0.3, -0.25) is 4.79 Å². The molecule has 2 rings (SSSR count). The lowest BCUT2D eigenvalue weighted by Gasteiger charge is -2.12. The predicted octanol–water partition coefficient (Wildman–Crippen LogP) is 2.93. The molecule has 0 aliphatic rings. The van der Waals surface area contributed by atoms with Gasteiger partial charge in [0.15, 0.2) is 11.9 Å². The van der Waals surface area contributed by atoms with Gasteiger partial charge >= 0.3 is 5.97 Å². The molecule has 1 heterocycles. The third-order valence-electron chi connectivity index (χ3n) is 2.59. The molecule has 0 fully saturated rings. The fraction of sp³-hybridized carbons (Fsp3) is 0.214. The minimum absolute atomic E-state index is 0.280. The van der Waals surface area contributed by atoms with Gasteiger partial charge in [0.2, 0.25) is 0 Å². The standard InChI is InChI=1S/C14H13BrN2O4/c1-8-6-12(17-21-8)16-13(18)9(2)20-14(19)10-4-3-5-11(15)7-10/h3-7,9H,1-2H3,(H,16,17,18)/t9-/m1/s1. The van der Waals surface area contributed by atoms with Crippen LogP contribution in [0.3, 0.4) is 0 Å². The van der Waals surface area contributed by atoms with Crippen molar-refractivity contribution < 1.29 is 18.8 Å². The van der Waals surface area contributed by atoms with Crippen LogP contribution in [0.25, 0.3) is 0 Å². The molecule has 1 N–H and O–H groups in total. The summed E-state index contributed by atoms with van der Waals surface area (Å²) in [6.45, 7) is 3.19. The van der Waals surface area contributed by atoms with Gasteiger partial charge in [0.1, 0.15) is 5.76 Å². The van der Waals surface area contributed by atoms with Crippen LogP contribution < -0.4 is 5.32 Å². The highest BCUT2D eigenvalue weighted by Gasteiger charge is 2.20. The number of benzene rings is 1. The number of halogens is 1. The number of aryl methyl sites for hydroxylation is 1. The summed E-state index contributed by atoms with van der Waals surface area (Å²) in [5.74, 6) is -0.200. The van der Waals surface area contributed by atoms with Crippen molar-refractivity contribution in [2.45, 2.75) is 20.0 Å². The van der Waals surface area contributed by atoms with Gasteiger partial charge in [0.25, 0.3) is 5.91 Å². The molecule has 1 aromatic heterocycles. The maximum Gasteiger partial charge on any atom is 0.338 e. The zero-order chi connectivity index (χ0) is 15.4. The Morgan fingerprint density at radius 2 is 2.14 bits per heavy atom. The van der Waals surface area contributed by atoms with E-state index in [1.54, 1.807) is 37.3 Å². The summed E-state index contributed by atoms with van der Waals surface area (Å²) in [6.07, 6.45) is -0.950. The molecule has 6 nitrogen and oxygen atoms in total. The van der Waals surface area contributed by atoms with E-state index in [1.165, 1.54) is 6.92 Å². The highest BCUT2D eigenvalue weighted by molar-refractivity contribution is 9.10. The molecule has 0 radical (unpaired) electrons. The van der Waals surface area contributed by atoms with Crippen molar-refractivity contribution >= 4 is 33.6 Å². The molecule has 1 aromatic carbocycles. The maximum atomic E-state index is 11.9. The number of carbonyl (C=O) groups is 2. The molecule has 1 amide bonds. The first-order valence-corrected chi connectivity index (χ1v) is 6.96. The lowest BCUT2D eigenvalue weighted by Crippen LogP contribution is -2.30. The molecule has 0 spiro atoms. The van der Waals surface area contributed by atoms with Crippen molar-refractivity contribution in [2.75, 3.05) is 5.32 Å². The molecule has 0 unspecified atom stereocenters. The smallest absolute Gasteiger partial charge is 0.338 e. The van der Waals surface area contributed by atoms with E-state index in [2.05, 4.69) is 26.4 Å². The summed E-state index contributed by atoms with van der Waals surface area (Å²) < 4.78 is 10.7. The highest BCUT2D eigenvalue weighted by Crippen LogP contribution is 2.14. The first-order valence-electron chi connectivity index (χ1n) is 6.16. The van der Waals surface area contributed by atoms with Gasteiger partial charge < -0.3 is 14.6 Å². The van der Waals surface area contributed by atoms with Gasteiger partial charge in [-0.15, -0.1) is 0 Å². The van der Waals surface area contributed by atoms with Gasteiger partial charge in [-0.25, -0.2) is 4.79 Å². The Balaban J connectivity index is 1.95. The fourth-order valence-electron chi connectivity index (χ4n) is 1.55. The van der Waals surface area contributed by atoms with E-state index in [4.69, 9.17) is 9.26 Å². The van der Waals surface area contributed by atoms with Gasteiger partial charge in [-0.2, -0.15) is 0 Å². The number of hydrogen-bond donors (Lipinski definition) is 1. The number of nitrogens with one attached hydrogen (secondary N) is 1. The van der Waals surface area contributed by atoms with E-state index >= 15 is 0 Å². The van der Waals surface area contributed by atoms with Crippen molar-refractivity contribution in [1.29, 1.82) is 0 Å². The van der Waals surface area contributed by atoms with Gasteiger partial charge in [0, 0.05) is 10.5 Å². The fourth-order valence-corrected chi connectivity index (χ4v) is 1.95. The third kappa shape index (κ3) is 4.16. The predicted molar refractivity (Wildman–Crippen MR) is 78.9 cm³/mol. The SMILES string of the molecule is Cc1cc(NC(=O)[C@@H](C)OC(=O)c2cccc(Br)c2)no1. The van der Waals surface area contributed by atoms with Crippen LogP contribution in [0.1, 0.15) is 23.0 Å². The van der Waals surface area contributed by atoms with Gasteiger partial charge in [-0.1, -0.05) is 27.2 Å². The summed E-state index contributed by atoms with van der Waals surface area (Å²) in [5, 5.41) is 6.13. The van der Waals surface area contributed by atoms with E-state index in [0.29, 0.717) is 11.3 Å². The van der Waals surface area contributed by atoms with Crippen LogP contribution in [0.4, 0.5) is 5.82 Å². The first kappa shape index (κ1) is 15.2. The number of anilines is 1. The number of amides is 1. The van der Waals surface area contributed by atoms with Crippen LogP contribution in [0.2, 0.25) is 0 Å². The van der Waals surface area contributed by atoms with Gasteiger partial charge in [0.05, 0.1) is 5.56 Å². The molecular formula is C14H13BrN2O4. The molecular weight excluding hydrogens is 340 g/mol. The Morgan fingerprint density at radius 1 is 1.38 bits per heavy atom. The summed E-state index contributed by atoms with van der Waals surface area (Å²) in [7, 11) is 0. The van der Waals surface area contributed by atoms with Crippen LogP contribution >= 0.6 is 15.9 Å². The van der Waals surface area contributed by atoms with E-state index in [0.717, 1.165) is 4.47 Å². The van der Waals surface area contributed by atoms with Crippen molar-refractivity contribution in [3.8, 4) is 0 Å². The average molecular weight is 353 g/mol. The molecule has 0 aliphatic heterocycles. The second-order valence-corrected chi connectivity index (χ2v) is 5.29. The molecule has 7 heteroatoms. The zero-order valence-corrected chi connectivity index (χ0v) is 13.0. The summed E-state index contributed by atoms with van der Waals surface area (Å²) in [4.78, 5) is 23.8. The summed E-state index contributed by atoms with van der Waals surface area (Å²) in [6, 6.07) is 8.30. The Kier molecular flexibility index (Phi) is 4.74. The van der Waals surface area contributed by atoms with E-state index in [1.807, 2.05) is 0 Å². The molecule has 1 atom stereocenters. The number of carbonyl (C=O) groups excluding carboxylic acids is 2. The molecule has 110 valence electrons. The second-order valence-electron chi connectivity index (χ2n) is 4.37. The summed E-state index contributed by atoms with van der Waals surface area (Å²) >= 11 is 3.27. The van der Waals surface area contributed by atoms with Crippen molar-refractivity contribution in [3.63, 3.8) is 0 Å². The number of rotatable bonds is 4. The lowest BCUT2D eigenvalue weighted by atomic mass is 10.2. The van der Waals surface area contributed by atoms with Crippen LogP contribution in [0, 0.1) is 6.92 Å². The Morgan fingerprint density at radius 3 is 2.76 bits per heavy atom. The Labute approximate surface area is 129 Å². The molecule has 2 aromatic rings. The number of aromatic nitrogens is 1. The summed E-state index contributed by atoms with van der Waals surface area (Å²) in [5.41, 5.74) is 0.362. The molecule has 0 aliphatic carbocycles. The number of nitrogens with zero attached hydrogens (tertiary/aromatic N) is 1. The largest absolute Gasteiger partial charge is 0.449 e. The highest BCUT2D eigenvalue weighted by atomic mass is 79.9. The van der Waals surface area contributed by atoms with Crippen LogP contribution in [0.5, 0.6) is 0 Å². The second kappa shape index (κ2) is 6.53. The Hall–Kier alpha value is -2.15. The monoisotopic (exact) mass is 352 g/mol. The Bertz CT molecular complexity index is 668. The molecule has 0 saturated heterocycles. The number of ether oxygens (including phenoxy) is 1. The van der Waals surface area contributed by atoms with Crippen LogP contribution in [-0.4, -0.2) is 23.1 Å². The van der Waals surface area contributed by atoms with Crippen molar-refractivity contribution in [1.82, 2.24) is 5.16 Å². The van der Waals surface area contributed by atoms with Gasteiger partial charge in [-0.05, 0) is 32.0 Å². The minimum Gasteiger partial charge on any atom is -0.449 e.